The van der Waals surface area contributed by atoms with Crippen molar-refractivity contribution < 1.29 is 5.11 Å². The first-order valence-electron chi connectivity index (χ1n) is 9.41. The van der Waals surface area contributed by atoms with Gasteiger partial charge < -0.3 is 5.11 Å². The van der Waals surface area contributed by atoms with Crippen LogP contribution >= 0.6 is 0 Å². The fourth-order valence-corrected chi connectivity index (χ4v) is 3.21. The summed E-state index contributed by atoms with van der Waals surface area (Å²) in [6, 6.07) is 25.2. The maximum atomic E-state index is 9.59. The van der Waals surface area contributed by atoms with Crippen molar-refractivity contribution in [3.8, 4) is 16.9 Å². The summed E-state index contributed by atoms with van der Waals surface area (Å²) in [5.41, 5.74) is 6.63. The van der Waals surface area contributed by atoms with Gasteiger partial charge in [0.2, 0.25) is 0 Å². The first-order valence-corrected chi connectivity index (χ1v) is 9.41. The molecule has 1 N–H and O–H groups in total. The van der Waals surface area contributed by atoms with Crippen LogP contribution in [0, 0.1) is 5.41 Å². The molecule has 0 unspecified atom stereocenters. The number of aromatic hydroxyl groups is 1. The Balaban J connectivity index is 1.70. The summed E-state index contributed by atoms with van der Waals surface area (Å²) in [6.07, 6.45) is 3.14. The minimum Gasteiger partial charge on any atom is -0.508 e. The van der Waals surface area contributed by atoms with Crippen LogP contribution in [0.5, 0.6) is 5.75 Å². The predicted molar refractivity (Wildman–Crippen MR) is 111 cm³/mol. The number of phenols is 1. The van der Waals surface area contributed by atoms with E-state index in [9.17, 15) is 5.11 Å². The summed E-state index contributed by atoms with van der Waals surface area (Å²) in [5, 5.41) is 9.59. The molecule has 0 aliphatic carbocycles. The van der Waals surface area contributed by atoms with E-state index in [0.717, 1.165) is 18.4 Å². The lowest BCUT2D eigenvalue weighted by molar-refractivity contribution is 0.349. The molecule has 1 nitrogen and oxygen atoms in total. The maximum Gasteiger partial charge on any atom is 0.115 e. The quantitative estimate of drug-likeness (QED) is 0.532. The van der Waals surface area contributed by atoms with Crippen LogP contribution in [-0.2, 0) is 12.8 Å². The average molecular weight is 344 g/mol. The van der Waals surface area contributed by atoms with E-state index in [1.807, 2.05) is 18.2 Å². The molecule has 0 heterocycles. The lowest BCUT2D eigenvalue weighted by atomic mass is 9.83. The number of hydrogen-bond donors (Lipinski definition) is 1. The van der Waals surface area contributed by atoms with Gasteiger partial charge in [-0.25, -0.2) is 0 Å². The van der Waals surface area contributed by atoms with Crippen molar-refractivity contribution in [1.29, 1.82) is 0 Å². The van der Waals surface area contributed by atoms with Crippen molar-refractivity contribution in [2.75, 3.05) is 0 Å². The Morgan fingerprint density at radius 1 is 0.731 bits per heavy atom. The van der Waals surface area contributed by atoms with Crippen molar-refractivity contribution >= 4 is 0 Å². The number of rotatable bonds is 6. The highest BCUT2D eigenvalue weighted by molar-refractivity contribution is 5.64. The zero-order chi connectivity index (χ0) is 18.6. The molecule has 0 bridgehead atoms. The topological polar surface area (TPSA) is 20.2 Å². The van der Waals surface area contributed by atoms with Gasteiger partial charge in [0.05, 0.1) is 0 Å². The molecule has 3 aromatic carbocycles. The van der Waals surface area contributed by atoms with E-state index >= 15 is 0 Å². The molecule has 0 spiro atoms. The Morgan fingerprint density at radius 2 is 1.31 bits per heavy atom. The van der Waals surface area contributed by atoms with Gasteiger partial charge >= 0.3 is 0 Å². The molecule has 0 aliphatic rings. The Hall–Kier alpha value is -2.54. The van der Waals surface area contributed by atoms with Crippen LogP contribution < -0.4 is 0 Å². The first-order chi connectivity index (χ1) is 12.4. The molecule has 0 atom stereocenters. The second-order valence-corrected chi connectivity index (χ2v) is 7.94. The molecule has 3 rings (SSSR count). The zero-order valence-electron chi connectivity index (χ0n) is 16.0. The van der Waals surface area contributed by atoms with Crippen molar-refractivity contribution in [3.05, 3.63) is 89.5 Å². The van der Waals surface area contributed by atoms with E-state index in [0.29, 0.717) is 11.2 Å². The van der Waals surface area contributed by atoms with Gasteiger partial charge in [0.25, 0.3) is 0 Å². The van der Waals surface area contributed by atoms with Crippen molar-refractivity contribution in [1.82, 2.24) is 0 Å². The molecule has 3 aromatic rings. The smallest absolute Gasteiger partial charge is 0.115 e. The number of phenolic OH excluding ortho intramolecular Hbond substituents is 1. The standard InChI is InChI=1S/C25H28O/c1-4-25(2,3)18-20-10-14-23(15-11-20)22-12-8-19(9-13-22)16-21-6-5-7-24(26)17-21/h5-15,17,26H,4,16,18H2,1-3H3. The monoisotopic (exact) mass is 344 g/mol. The highest BCUT2D eigenvalue weighted by Gasteiger charge is 2.15. The van der Waals surface area contributed by atoms with E-state index in [1.165, 1.54) is 28.7 Å². The zero-order valence-corrected chi connectivity index (χ0v) is 16.0. The summed E-state index contributed by atoms with van der Waals surface area (Å²) in [4.78, 5) is 0. The van der Waals surface area contributed by atoms with Gasteiger partial charge in [-0.2, -0.15) is 0 Å². The maximum absolute atomic E-state index is 9.59. The van der Waals surface area contributed by atoms with Gasteiger partial charge in [-0.3, -0.25) is 0 Å². The summed E-state index contributed by atoms with van der Waals surface area (Å²) < 4.78 is 0. The van der Waals surface area contributed by atoms with Gasteiger partial charge in [0.1, 0.15) is 5.75 Å². The fourth-order valence-electron chi connectivity index (χ4n) is 3.21. The van der Waals surface area contributed by atoms with Gasteiger partial charge in [0.15, 0.2) is 0 Å². The minimum atomic E-state index is 0.325. The van der Waals surface area contributed by atoms with Crippen molar-refractivity contribution in [2.24, 2.45) is 5.41 Å². The van der Waals surface area contributed by atoms with Crippen LogP contribution in [0.15, 0.2) is 72.8 Å². The molecule has 0 amide bonds. The second-order valence-electron chi connectivity index (χ2n) is 7.94. The third kappa shape index (κ3) is 4.76. The Bertz CT molecular complexity index is 842. The molecule has 0 saturated heterocycles. The third-order valence-electron chi connectivity index (χ3n) is 5.20. The summed E-state index contributed by atoms with van der Waals surface area (Å²) in [6.45, 7) is 6.91. The highest BCUT2D eigenvalue weighted by atomic mass is 16.3. The Morgan fingerprint density at radius 3 is 1.85 bits per heavy atom. The average Bonchev–Trinajstić information content (AvgIpc) is 2.63. The van der Waals surface area contributed by atoms with Crippen LogP contribution in [0.25, 0.3) is 11.1 Å². The van der Waals surface area contributed by atoms with Gasteiger partial charge in [-0.15, -0.1) is 0 Å². The number of hydrogen-bond acceptors (Lipinski definition) is 1. The minimum absolute atomic E-state index is 0.325. The molecule has 0 saturated carbocycles. The van der Waals surface area contributed by atoms with E-state index in [4.69, 9.17) is 0 Å². The largest absolute Gasteiger partial charge is 0.508 e. The predicted octanol–water partition coefficient (Wildman–Crippen LogP) is 6.63. The Labute approximate surface area is 157 Å². The van der Waals surface area contributed by atoms with Crippen LogP contribution in [0.4, 0.5) is 0 Å². The van der Waals surface area contributed by atoms with Gasteiger partial charge in [-0.1, -0.05) is 87.9 Å². The molecule has 0 aromatic heterocycles. The molecule has 26 heavy (non-hydrogen) atoms. The number of benzene rings is 3. The van der Waals surface area contributed by atoms with E-state index in [1.54, 1.807) is 6.07 Å². The molecule has 0 radical (unpaired) electrons. The third-order valence-corrected chi connectivity index (χ3v) is 5.20. The van der Waals surface area contributed by atoms with Crippen LogP contribution in [0.2, 0.25) is 0 Å². The molecule has 134 valence electrons. The van der Waals surface area contributed by atoms with E-state index < -0.39 is 0 Å². The first kappa shape index (κ1) is 18.3. The SMILES string of the molecule is CCC(C)(C)Cc1ccc(-c2ccc(Cc3cccc(O)c3)cc2)cc1. The highest BCUT2D eigenvalue weighted by Crippen LogP contribution is 2.27. The van der Waals surface area contributed by atoms with Crippen molar-refractivity contribution in [3.63, 3.8) is 0 Å². The molecule has 0 fully saturated rings. The van der Waals surface area contributed by atoms with Crippen molar-refractivity contribution in [2.45, 2.75) is 40.0 Å². The van der Waals surface area contributed by atoms with Crippen LogP contribution in [0.3, 0.4) is 0 Å². The molecule has 0 aliphatic heterocycles. The van der Waals surface area contributed by atoms with Crippen LogP contribution in [-0.4, -0.2) is 5.11 Å². The second kappa shape index (κ2) is 7.78. The van der Waals surface area contributed by atoms with Gasteiger partial charge in [0, 0.05) is 0 Å². The fraction of sp³-hybridized carbons (Fsp3) is 0.280. The normalized spacial score (nSPS) is 11.5. The van der Waals surface area contributed by atoms with E-state index in [2.05, 4.69) is 69.3 Å². The molecule has 1 heteroatoms. The van der Waals surface area contributed by atoms with E-state index in [-0.39, 0.29) is 0 Å². The Kier molecular flexibility index (Phi) is 5.46. The lowest BCUT2D eigenvalue weighted by Crippen LogP contribution is -2.13. The van der Waals surface area contributed by atoms with Crippen LogP contribution in [0.1, 0.15) is 43.9 Å². The molecular weight excluding hydrogens is 316 g/mol. The lowest BCUT2D eigenvalue weighted by Gasteiger charge is -2.22. The summed E-state index contributed by atoms with van der Waals surface area (Å²) in [7, 11) is 0. The summed E-state index contributed by atoms with van der Waals surface area (Å²) >= 11 is 0. The molecular formula is C25H28O. The summed E-state index contributed by atoms with van der Waals surface area (Å²) in [5.74, 6) is 0.325. The van der Waals surface area contributed by atoms with Gasteiger partial charge in [-0.05, 0) is 58.2 Å².